The van der Waals surface area contributed by atoms with Gasteiger partial charge in [0.25, 0.3) is 0 Å². The average Bonchev–Trinajstić information content (AvgIpc) is 2.25. The molecule has 0 saturated carbocycles. The van der Waals surface area contributed by atoms with E-state index in [1.165, 1.54) is 12.8 Å². The minimum absolute atomic E-state index is 0.486. The number of piperidine rings is 1. The second kappa shape index (κ2) is 7.20. The Balaban J connectivity index is 1.99. The third-order valence-electron chi connectivity index (χ3n) is 3.07. The average molecular weight is 214 g/mol. The first kappa shape index (κ1) is 12.9. The molecule has 0 radical (unpaired) electrons. The van der Waals surface area contributed by atoms with E-state index in [0.717, 1.165) is 38.5 Å². The number of hydrogen-bond donors (Lipinski definition) is 1. The molecule has 0 aromatic rings. The normalized spacial score (nSPS) is 20.0. The van der Waals surface area contributed by atoms with Gasteiger partial charge in [0, 0.05) is 26.4 Å². The highest BCUT2D eigenvalue weighted by atomic mass is 16.5. The quantitative estimate of drug-likeness (QED) is 0.685. The van der Waals surface area contributed by atoms with Gasteiger partial charge in [-0.15, -0.1) is 0 Å². The zero-order chi connectivity index (χ0) is 11.1. The van der Waals surface area contributed by atoms with Crippen LogP contribution in [0.4, 0.5) is 0 Å². The number of ether oxygens (including phenoxy) is 1. The number of hydrogen-bond acceptors (Lipinski definition) is 3. The fraction of sp³-hybridized carbons (Fsp3) is 1.00. The van der Waals surface area contributed by atoms with Crippen LogP contribution < -0.4 is 5.73 Å². The van der Waals surface area contributed by atoms with E-state index in [9.17, 15) is 0 Å². The smallest absolute Gasteiger partial charge is 0.0599 e. The summed E-state index contributed by atoms with van der Waals surface area (Å²) in [6, 6.07) is 0. The van der Waals surface area contributed by atoms with Crippen molar-refractivity contribution < 1.29 is 4.74 Å². The molecule has 1 saturated heterocycles. The Bertz CT molecular complexity index is 154. The Hall–Kier alpha value is -0.120. The van der Waals surface area contributed by atoms with Crippen LogP contribution in [-0.4, -0.2) is 37.4 Å². The summed E-state index contributed by atoms with van der Waals surface area (Å²) < 4.78 is 5.86. The van der Waals surface area contributed by atoms with E-state index in [-0.39, 0.29) is 0 Å². The highest BCUT2D eigenvalue weighted by Crippen LogP contribution is 2.13. The van der Waals surface area contributed by atoms with E-state index < -0.39 is 0 Å². The molecule has 1 aliphatic rings. The zero-order valence-electron chi connectivity index (χ0n) is 10.2. The Kier molecular flexibility index (Phi) is 6.22. The van der Waals surface area contributed by atoms with Gasteiger partial charge in [0.1, 0.15) is 0 Å². The number of likely N-dealkylation sites (tertiary alicyclic amines) is 1. The molecule has 1 fully saturated rings. The standard InChI is InChI=1S/C12H26N2O/c1-11(2)4-3-9-15-12-5-7-14(10-13)8-6-12/h11-12H,3-10,13H2,1-2H3. The first-order valence-corrected chi connectivity index (χ1v) is 6.26. The molecule has 0 amide bonds. The summed E-state index contributed by atoms with van der Waals surface area (Å²) in [5, 5.41) is 0. The van der Waals surface area contributed by atoms with E-state index in [1.807, 2.05) is 0 Å². The second-order valence-electron chi connectivity index (χ2n) is 4.91. The summed E-state index contributed by atoms with van der Waals surface area (Å²) in [4.78, 5) is 2.29. The van der Waals surface area contributed by atoms with Gasteiger partial charge in [-0.05, 0) is 31.6 Å². The molecule has 0 unspecified atom stereocenters. The van der Waals surface area contributed by atoms with Gasteiger partial charge in [-0.3, -0.25) is 4.90 Å². The molecule has 0 aliphatic carbocycles. The predicted octanol–water partition coefficient (Wildman–Crippen LogP) is 1.82. The molecule has 1 aliphatic heterocycles. The fourth-order valence-corrected chi connectivity index (χ4v) is 2.00. The van der Waals surface area contributed by atoms with Crippen molar-refractivity contribution in [1.82, 2.24) is 4.90 Å². The highest BCUT2D eigenvalue weighted by molar-refractivity contribution is 4.71. The lowest BCUT2D eigenvalue weighted by Gasteiger charge is -2.30. The van der Waals surface area contributed by atoms with Crippen molar-refractivity contribution in [2.75, 3.05) is 26.4 Å². The summed E-state index contributed by atoms with van der Waals surface area (Å²) in [6.07, 6.45) is 5.27. The zero-order valence-corrected chi connectivity index (χ0v) is 10.2. The molecule has 0 spiro atoms. The molecule has 3 nitrogen and oxygen atoms in total. The van der Waals surface area contributed by atoms with Crippen LogP contribution in [0.5, 0.6) is 0 Å². The van der Waals surface area contributed by atoms with Crippen molar-refractivity contribution in [2.24, 2.45) is 11.7 Å². The summed E-state index contributed by atoms with van der Waals surface area (Å²) in [5.41, 5.74) is 5.59. The van der Waals surface area contributed by atoms with E-state index in [4.69, 9.17) is 10.5 Å². The van der Waals surface area contributed by atoms with Crippen LogP contribution in [0.15, 0.2) is 0 Å². The van der Waals surface area contributed by atoms with Crippen LogP contribution in [0.25, 0.3) is 0 Å². The lowest BCUT2D eigenvalue weighted by Crippen LogP contribution is -2.40. The van der Waals surface area contributed by atoms with E-state index in [0.29, 0.717) is 12.8 Å². The van der Waals surface area contributed by atoms with Gasteiger partial charge in [0.15, 0.2) is 0 Å². The van der Waals surface area contributed by atoms with Gasteiger partial charge in [-0.25, -0.2) is 0 Å². The fourth-order valence-electron chi connectivity index (χ4n) is 2.00. The second-order valence-corrected chi connectivity index (χ2v) is 4.91. The Morgan fingerprint density at radius 2 is 2.00 bits per heavy atom. The first-order valence-electron chi connectivity index (χ1n) is 6.26. The number of nitrogens with two attached hydrogens (primary N) is 1. The van der Waals surface area contributed by atoms with Gasteiger partial charge >= 0.3 is 0 Å². The summed E-state index contributed by atoms with van der Waals surface area (Å²) in [5.74, 6) is 0.799. The maximum absolute atomic E-state index is 5.86. The lowest BCUT2D eigenvalue weighted by molar-refractivity contribution is 0.00570. The molecule has 0 atom stereocenters. The first-order chi connectivity index (χ1) is 7.22. The lowest BCUT2D eigenvalue weighted by atomic mass is 10.1. The van der Waals surface area contributed by atoms with Crippen molar-refractivity contribution in [3.05, 3.63) is 0 Å². The minimum Gasteiger partial charge on any atom is -0.378 e. The predicted molar refractivity (Wildman–Crippen MR) is 63.7 cm³/mol. The molecule has 3 heteroatoms. The van der Waals surface area contributed by atoms with Crippen molar-refractivity contribution in [1.29, 1.82) is 0 Å². The Morgan fingerprint density at radius 1 is 1.33 bits per heavy atom. The topological polar surface area (TPSA) is 38.5 Å². The summed E-state index contributed by atoms with van der Waals surface area (Å²) in [6.45, 7) is 8.36. The SMILES string of the molecule is CC(C)CCCOC1CCN(CN)CC1. The van der Waals surface area contributed by atoms with E-state index in [1.54, 1.807) is 0 Å². The van der Waals surface area contributed by atoms with Crippen molar-refractivity contribution in [2.45, 2.75) is 45.6 Å². The van der Waals surface area contributed by atoms with Gasteiger partial charge in [0.2, 0.25) is 0 Å². The third kappa shape index (κ3) is 5.50. The molecule has 2 N–H and O–H groups in total. The van der Waals surface area contributed by atoms with E-state index in [2.05, 4.69) is 18.7 Å². The van der Waals surface area contributed by atoms with Crippen LogP contribution in [0, 0.1) is 5.92 Å². The van der Waals surface area contributed by atoms with Crippen LogP contribution >= 0.6 is 0 Å². The molecule has 0 bridgehead atoms. The van der Waals surface area contributed by atoms with Gasteiger partial charge in [-0.1, -0.05) is 13.8 Å². The minimum atomic E-state index is 0.486. The van der Waals surface area contributed by atoms with Crippen LogP contribution in [0.2, 0.25) is 0 Å². The molecule has 0 aromatic carbocycles. The molecule has 1 rings (SSSR count). The summed E-state index contributed by atoms with van der Waals surface area (Å²) in [7, 11) is 0. The van der Waals surface area contributed by atoms with E-state index >= 15 is 0 Å². The highest BCUT2D eigenvalue weighted by Gasteiger charge is 2.18. The molecular formula is C12H26N2O. The number of nitrogens with zero attached hydrogens (tertiary/aromatic N) is 1. The maximum atomic E-state index is 5.86. The third-order valence-corrected chi connectivity index (χ3v) is 3.07. The Morgan fingerprint density at radius 3 is 2.53 bits per heavy atom. The monoisotopic (exact) mass is 214 g/mol. The van der Waals surface area contributed by atoms with Gasteiger partial charge in [0.05, 0.1) is 6.10 Å². The van der Waals surface area contributed by atoms with Crippen molar-refractivity contribution in [3.63, 3.8) is 0 Å². The molecule has 90 valence electrons. The van der Waals surface area contributed by atoms with Gasteiger partial charge in [-0.2, -0.15) is 0 Å². The largest absolute Gasteiger partial charge is 0.378 e. The summed E-state index contributed by atoms with van der Waals surface area (Å²) >= 11 is 0. The molecule has 0 aromatic heterocycles. The molecule has 1 heterocycles. The van der Waals surface area contributed by atoms with Crippen molar-refractivity contribution in [3.8, 4) is 0 Å². The Labute approximate surface area is 94.0 Å². The maximum Gasteiger partial charge on any atom is 0.0599 e. The molecule has 15 heavy (non-hydrogen) atoms. The van der Waals surface area contributed by atoms with Crippen LogP contribution in [0.3, 0.4) is 0 Å². The van der Waals surface area contributed by atoms with Crippen LogP contribution in [0.1, 0.15) is 39.5 Å². The van der Waals surface area contributed by atoms with Crippen LogP contribution in [-0.2, 0) is 4.74 Å². The molecular weight excluding hydrogens is 188 g/mol. The van der Waals surface area contributed by atoms with Gasteiger partial charge < -0.3 is 10.5 Å². The van der Waals surface area contributed by atoms with Crippen molar-refractivity contribution >= 4 is 0 Å². The number of rotatable bonds is 6.